The highest BCUT2D eigenvalue weighted by Gasteiger charge is 2.31. The fourth-order valence-electron chi connectivity index (χ4n) is 3.38. The van der Waals surface area contributed by atoms with Crippen LogP contribution in [0.5, 0.6) is 0 Å². The van der Waals surface area contributed by atoms with E-state index >= 15 is 0 Å². The number of carbonyl (C=O) groups is 1. The molecule has 2 rings (SSSR count). The summed E-state index contributed by atoms with van der Waals surface area (Å²) in [6.07, 6.45) is 9.37. The van der Waals surface area contributed by atoms with Gasteiger partial charge in [-0.15, -0.1) is 0 Å². The fourth-order valence-corrected chi connectivity index (χ4v) is 3.38. The van der Waals surface area contributed by atoms with Gasteiger partial charge in [0.05, 0.1) is 12.3 Å². The minimum atomic E-state index is -0.312. The predicted octanol–water partition coefficient (Wildman–Crippen LogP) is 5.58. The van der Waals surface area contributed by atoms with E-state index in [1.807, 2.05) is 25.2 Å². The van der Waals surface area contributed by atoms with E-state index in [0.717, 1.165) is 35.3 Å². The van der Waals surface area contributed by atoms with Gasteiger partial charge in [-0.3, -0.25) is 0 Å². The van der Waals surface area contributed by atoms with E-state index in [0.29, 0.717) is 6.61 Å². The molecule has 28 heavy (non-hydrogen) atoms. The molecular formula is C24H31NO3. The van der Waals surface area contributed by atoms with E-state index in [1.165, 1.54) is 17.2 Å². The molecule has 0 aliphatic heterocycles. The summed E-state index contributed by atoms with van der Waals surface area (Å²) in [6.45, 7) is 10.7. The van der Waals surface area contributed by atoms with Crippen LogP contribution in [-0.4, -0.2) is 25.4 Å². The molecule has 0 saturated heterocycles. The molecular weight excluding hydrogens is 350 g/mol. The van der Waals surface area contributed by atoms with E-state index in [1.54, 1.807) is 14.0 Å². The molecule has 0 fully saturated rings. The lowest BCUT2D eigenvalue weighted by atomic mass is 9.71. The average molecular weight is 382 g/mol. The molecule has 1 aromatic rings. The van der Waals surface area contributed by atoms with Crippen molar-refractivity contribution in [3.05, 3.63) is 64.8 Å². The molecule has 1 aliphatic rings. The first kappa shape index (κ1) is 21.7. The van der Waals surface area contributed by atoms with Crippen LogP contribution in [0.4, 0.5) is 0 Å². The summed E-state index contributed by atoms with van der Waals surface area (Å²) in [4.78, 5) is 16.5. The van der Waals surface area contributed by atoms with Crippen molar-refractivity contribution < 1.29 is 14.4 Å². The van der Waals surface area contributed by atoms with Gasteiger partial charge < -0.3 is 9.57 Å². The molecule has 0 atom stereocenters. The number of rotatable bonds is 6. The number of oxime groups is 1. The van der Waals surface area contributed by atoms with Gasteiger partial charge >= 0.3 is 5.97 Å². The number of allylic oxidation sites excluding steroid dienone is 5. The van der Waals surface area contributed by atoms with E-state index in [4.69, 9.17) is 9.57 Å². The third-order valence-corrected chi connectivity index (χ3v) is 5.04. The SMILES string of the molecule is CCOC(=O)/C=C(C)/C=C/C=C(\C)c1ccc2c(c1)/C(=N\OC)CCC2(C)C. The van der Waals surface area contributed by atoms with E-state index < -0.39 is 0 Å². The second-order valence-corrected chi connectivity index (χ2v) is 7.71. The van der Waals surface area contributed by atoms with Gasteiger partial charge in [-0.05, 0) is 67.4 Å². The van der Waals surface area contributed by atoms with Crippen LogP contribution in [0.3, 0.4) is 0 Å². The summed E-state index contributed by atoms with van der Waals surface area (Å²) < 4.78 is 4.92. The Morgan fingerprint density at radius 2 is 2.04 bits per heavy atom. The maximum absolute atomic E-state index is 11.5. The van der Waals surface area contributed by atoms with E-state index in [9.17, 15) is 4.79 Å². The normalized spacial score (nSPS) is 18.3. The van der Waals surface area contributed by atoms with E-state index in [-0.39, 0.29) is 11.4 Å². The Labute approximate surface area is 168 Å². The van der Waals surface area contributed by atoms with E-state index in [2.05, 4.69) is 44.1 Å². The topological polar surface area (TPSA) is 47.9 Å². The second kappa shape index (κ2) is 9.54. The average Bonchev–Trinajstić information content (AvgIpc) is 2.64. The molecule has 0 radical (unpaired) electrons. The zero-order chi connectivity index (χ0) is 20.7. The number of benzene rings is 1. The summed E-state index contributed by atoms with van der Waals surface area (Å²) >= 11 is 0. The van der Waals surface area contributed by atoms with Crippen LogP contribution in [0.25, 0.3) is 5.57 Å². The molecule has 150 valence electrons. The number of hydrogen-bond acceptors (Lipinski definition) is 4. The Morgan fingerprint density at radius 3 is 2.71 bits per heavy atom. The highest BCUT2D eigenvalue weighted by Crippen LogP contribution is 2.38. The van der Waals surface area contributed by atoms with Crippen molar-refractivity contribution in [3.8, 4) is 0 Å². The van der Waals surface area contributed by atoms with Crippen molar-refractivity contribution in [2.24, 2.45) is 5.16 Å². The number of hydrogen-bond donors (Lipinski definition) is 0. The van der Waals surface area contributed by atoms with Gasteiger partial charge in [-0.2, -0.15) is 0 Å². The van der Waals surface area contributed by atoms with Crippen LogP contribution < -0.4 is 0 Å². The van der Waals surface area contributed by atoms with Crippen LogP contribution in [0.1, 0.15) is 64.2 Å². The fraction of sp³-hybridized carbons (Fsp3) is 0.417. The molecule has 0 bridgehead atoms. The first-order chi connectivity index (χ1) is 13.3. The molecule has 1 aromatic carbocycles. The summed E-state index contributed by atoms with van der Waals surface area (Å²) in [6, 6.07) is 6.58. The lowest BCUT2D eigenvalue weighted by Crippen LogP contribution is -2.27. The Balaban J connectivity index is 2.27. The number of nitrogens with zero attached hydrogens (tertiary/aromatic N) is 1. The molecule has 0 saturated carbocycles. The maximum atomic E-state index is 11.5. The summed E-state index contributed by atoms with van der Waals surface area (Å²) in [5.74, 6) is -0.312. The quantitative estimate of drug-likeness (QED) is 0.280. The smallest absolute Gasteiger partial charge is 0.330 e. The van der Waals surface area contributed by atoms with Crippen LogP contribution in [-0.2, 0) is 19.8 Å². The maximum Gasteiger partial charge on any atom is 0.330 e. The van der Waals surface area contributed by atoms with Crippen LogP contribution in [0.15, 0.2) is 53.2 Å². The van der Waals surface area contributed by atoms with Gasteiger partial charge in [0.1, 0.15) is 7.11 Å². The number of fused-ring (bicyclic) bond motifs is 1. The Kier molecular flexibility index (Phi) is 7.38. The van der Waals surface area contributed by atoms with Crippen molar-refractivity contribution >= 4 is 17.3 Å². The molecule has 1 aliphatic carbocycles. The summed E-state index contributed by atoms with van der Waals surface area (Å²) in [5, 5.41) is 4.25. The zero-order valence-electron chi connectivity index (χ0n) is 17.8. The Morgan fingerprint density at radius 1 is 1.29 bits per heavy atom. The van der Waals surface area contributed by atoms with Gasteiger partial charge in [0.2, 0.25) is 0 Å². The first-order valence-electron chi connectivity index (χ1n) is 9.73. The lowest BCUT2D eigenvalue weighted by Gasteiger charge is -2.33. The summed E-state index contributed by atoms with van der Waals surface area (Å²) in [5.41, 5.74) is 6.77. The highest BCUT2D eigenvalue weighted by atomic mass is 16.6. The summed E-state index contributed by atoms with van der Waals surface area (Å²) in [7, 11) is 1.60. The van der Waals surface area contributed by atoms with Crippen molar-refractivity contribution in [2.75, 3.05) is 13.7 Å². The zero-order valence-corrected chi connectivity index (χ0v) is 17.8. The largest absolute Gasteiger partial charge is 0.463 e. The molecule has 4 nitrogen and oxygen atoms in total. The molecule has 0 amide bonds. The van der Waals surface area contributed by atoms with Gasteiger partial charge in [-0.25, -0.2) is 4.79 Å². The molecule has 0 N–H and O–H groups in total. The monoisotopic (exact) mass is 381 g/mol. The molecule has 0 unspecified atom stereocenters. The minimum absolute atomic E-state index is 0.132. The van der Waals surface area contributed by atoms with Gasteiger partial charge in [0.15, 0.2) is 0 Å². The third kappa shape index (κ3) is 5.44. The number of esters is 1. The molecule has 0 aromatic heterocycles. The van der Waals surface area contributed by atoms with Crippen LogP contribution >= 0.6 is 0 Å². The van der Waals surface area contributed by atoms with Crippen molar-refractivity contribution in [1.82, 2.24) is 0 Å². The third-order valence-electron chi connectivity index (χ3n) is 5.04. The Bertz CT molecular complexity index is 841. The Hall–Kier alpha value is -2.62. The highest BCUT2D eigenvalue weighted by molar-refractivity contribution is 6.03. The number of ether oxygens (including phenoxy) is 1. The van der Waals surface area contributed by atoms with Crippen molar-refractivity contribution in [3.63, 3.8) is 0 Å². The van der Waals surface area contributed by atoms with Crippen LogP contribution in [0.2, 0.25) is 0 Å². The lowest BCUT2D eigenvalue weighted by molar-refractivity contribution is -0.137. The predicted molar refractivity (Wildman–Crippen MR) is 115 cm³/mol. The van der Waals surface area contributed by atoms with Crippen LogP contribution in [0, 0.1) is 0 Å². The van der Waals surface area contributed by atoms with Crippen molar-refractivity contribution in [2.45, 2.75) is 52.9 Å². The first-order valence-corrected chi connectivity index (χ1v) is 9.73. The van der Waals surface area contributed by atoms with Gasteiger partial charge in [0, 0.05) is 11.6 Å². The standard InChI is InChI=1S/C24H31NO3/c1-7-28-23(26)15-17(2)9-8-10-18(3)19-11-12-21-20(16-19)22(25-27-6)13-14-24(21,4)5/h8-12,15-16H,7,13-14H2,1-6H3/b9-8+,17-15+,18-10+,25-22-. The van der Waals surface area contributed by atoms with Crippen molar-refractivity contribution in [1.29, 1.82) is 0 Å². The van der Waals surface area contributed by atoms with Gasteiger partial charge in [0.25, 0.3) is 0 Å². The van der Waals surface area contributed by atoms with Gasteiger partial charge in [-0.1, -0.05) is 49.4 Å². The number of carbonyl (C=O) groups excluding carboxylic acids is 1. The molecule has 0 heterocycles. The second-order valence-electron chi connectivity index (χ2n) is 7.71. The minimum Gasteiger partial charge on any atom is -0.463 e. The molecule has 4 heteroatoms. The molecule has 0 spiro atoms.